The van der Waals surface area contributed by atoms with E-state index in [-0.39, 0.29) is 12.1 Å². The average molecular weight is 212 g/mol. The van der Waals surface area contributed by atoms with Crippen LogP contribution in [0.2, 0.25) is 0 Å². The number of ether oxygens (including phenoxy) is 1. The van der Waals surface area contributed by atoms with Gasteiger partial charge in [-0.25, -0.2) is 0 Å². The van der Waals surface area contributed by atoms with Crippen molar-refractivity contribution >= 4 is 5.97 Å². The summed E-state index contributed by atoms with van der Waals surface area (Å²) >= 11 is 0. The molecule has 0 aromatic carbocycles. The summed E-state index contributed by atoms with van der Waals surface area (Å²) in [6.45, 7) is 7.12. The van der Waals surface area contributed by atoms with E-state index < -0.39 is 0 Å². The molecule has 2 nitrogen and oxygen atoms in total. The molecule has 88 valence electrons. The van der Waals surface area contributed by atoms with Crippen molar-refractivity contribution in [3.05, 3.63) is 12.7 Å². The first-order valence-electron chi connectivity index (χ1n) is 5.95. The minimum atomic E-state index is -0.173. The van der Waals surface area contributed by atoms with Gasteiger partial charge in [-0.2, -0.15) is 0 Å². The molecule has 0 amide bonds. The number of esters is 1. The zero-order valence-corrected chi connectivity index (χ0v) is 10.1. The lowest BCUT2D eigenvalue weighted by Crippen LogP contribution is -2.11. The second-order valence-electron chi connectivity index (χ2n) is 4.05. The molecule has 1 unspecified atom stereocenters. The van der Waals surface area contributed by atoms with Crippen LogP contribution in [0, 0.1) is 0 Å². The number of hydrogen-bond donors (Lipinski definition) is 0. The summed E-state index contributed by atoms with van der Waals surface area (Å²) in [5, 5.41) is 0. The smallest absolute Gasteiger partial charge is 0.302 e. The first kappa shape index (κ1) is 14.2. The van der Waals surface area contributed by atoms with Crippen molar-refractivity contribution < 1.29 is 9.53 Å². The van der Waals surface area contributed by atoms with E-state index in [0.717, 1.165) is 19.3 Å². The summed E-state index contributed by atoms with van der Waals surface area (Å²) in [7, 11) is 0. The summed E-state index contributed by atoms with van der Waals surface area (Å²) in [5.41, 5.74) is 0. The van der Waals surface area contributed by atoms with Crippen molar-refractivity contribution in [1.82, 2.24) is 0 Å². The molecular weight excluding hydrogens is 188 g/mol. The molecule has 0 N–H and O–H groups in total. The van der Waals surface area contributed by atoms with Gasteiger partial charge in [-0.15, -0.1) is 6.58 Å². The highest BCUT2D eigenvalue weighted by molar-refractivity contribution is 5.66. The van der Waals surface area contributed by atoms with Crippen molar-refractivity contribution in [2.75, 3.05) is 0 Å². The Bertz CT molecular complexity index is 175. The number of unbranched alkanes of at least 4 members (excludes halogenated alkanes) is 5. The molecule has 0 rings (SSSR count). The van der Waals surface area contributed by atoms with Crippen molar-refractivity contribution in [3.8, 4) is 0 Å². The standard InChI is InChI=1S/C13H24O2/c1-4-5-6-7-8-9-10-11-12(2)15-13(3)14/h4,12H,1,5-11H2,2-3H3. The van der Waals surface area contributed by atoms with Gasteiger partial charge in [0.2, 0.25) is 0 Å². The number of allylic oxidation sites excluding steroid dienone is 1. The third-order valence-electron chi connectivity index (χ3n) is 2.39. The summed E-state index contributed by atoms with van der Waals surface area (Å²) < 4.78 is 5.04. The first-order chi connectivity index (χ1) is 7.16. The maximum Gasteiger partial charge on any atom is 0.302 e. The van der Waals surface area contributed by atoms with E-state index in [1.807, 2.05) is 13.0 Å². The molecule has 0 aliphatic rings. The van der Waals surface area contributed by atoms with Gasteiger partial charge >= 0.3 is 5.97 Å². The maximum atomic E-state index is 10.6. The molecule has 15 heavy (non-hydrogen) atoms. The molecule has 0 aliphatic heterocycles. The highest BCUT2D eigenvalue weighted by Crippen LogP contribution is 2.10. The molecule has 0 aromatic rings. The zero-order chi connectivity index (χ0) is 11.5. The summed E-state index contributed by atoms with van der Waals surface area (Å²) in [6.07, 6.45) is 10.4. The van der Waals surface area contributed by atoms with E-state index in [2.05, 4.69) is 6.58 Å². The second-order valence-corrected chi connectivity index (χ2v) is 4.05. The molecule has 0 heterocycles. The normalized spacial score (nSPS) is 12.1. The quantitative estimate of drug-likeness (QED) is 0.329. The Morgan fingerprint density at radius 3 is 2.47 bits per heavy atom. The van der Waals surface area contributed by atoms with E-state index >= 15 is 0 Å². The van der Waals surface area contributed by atoms with E-state index in [1.165, 1.54) is 32.6 Å². The Balaban J connectivity index is 3.16. The van der Waals surface area contributed by atoms with Crippen molar-refractivity contribution in [1.29, 1.82) is 0 Å². The Kier molecular flexibility index (Phi) is 9.24. The number of carbonyl (C=O) groups excluding carboxylic acids is 1. The maximum absolute atomic E-state index is 10.6. The molecule has 0 bridgehead atoms. The van der Waals surface area contributed by atoms with Gasteiger partial charge in [-0.3, -0.25) is 4.79 Å². The lowest BCUT2D eigenvalue weighted by Gasteiger charge is -2.10. The van der Waals surface area contributed by atoms with Crippen LogP contribution >= 0.6 is 0 Å². The van der Waals surface area contributed by atoms with E-state index in [4.69, 9.17) is 4.74 Å². The number of carbonyl (C=O) groups is 1. The topological polar surface area (TPSA) is 26.3 Å². The fourth-order valence-electron chi connectivity index (χ4n) is 1.59. The largest absolute Gasteiger partial charge is 0.463 e. The molecule has 2 heteroatoms. The molecular formula is C13H24O2. The zero-order valence-electron chi connectivity index (χ0n) is 10.1. The van der Waals surface area contributed by atoms with E-state index in [1.54, 1.807) is 0 Å². The lowest BCUT2D eigenvalue weighted by molar-refractivity contribution is -0.145. The van der Waals surface area contributed by atoms with Gasteiger partial charge < -0.3 is 4.74 Å². The highest BCUT2D eigenvalue weighted by Gasteiger charge is 2.03. The molecule has 0 saturated carbocycles. The van der Waals surface area contributed by atoms with E-state index in [0.29, 0.717) is 0 Å². The van der Waals surface area contributed by atoms with Crippen LogP contribution in [0.3, 0.4) is 0 Å². The van der Waals surface area contributed by atoms with Gasteiger partial charge in [0.1, 0.15) is 0 Å². The van der Waals surface area contributed by atoms with Gasteiger partial charge in [-0.05, 0) is 32.6 Å². The van der Waals surface area contributed by atoms with Crippen molar-refractivity contribution in [2.45, 2.75) is 64.9 Å². The number of hydrogen-bond acceptors (Lipinski definition) is 2. The Morgan fingerprint density at radius 2 is 1.87 bits per heavy atom. The predicted octanol–water partition coefficient (Wildman–Crippen LogP) is 3.85. The van der Waals surface area contributed by atoms with Crippen LogP contribution in [0.15, 0.2) is 12.7 Å². The van der Waals surface area contributed by atoms with Crippen LogP contribution in [-0.2, 0) is 9.53 Å². The van der Waals surface area contributed by atoms with Crippen LogP contribution in [-0.4, -0.2) is 12.1 Å². The van der Waals surface area contributed by atoms with Crippen LogP contribution in [0.5, 0.6) is 0 Å². The monoisotopic (exact) mass is 212 g/mol. The Labute approximate surface area is 93.7 Å². The van der Waals surface area contributed by atoms with Crippen molar-refractivity contribution in [3.63, 3.8) is 0 Å². The minimum absolute atomic E-state index is 0.0793. The summed E-state index contributed by atoms with van der Waals surface area (Å²) in [6, 6.07) is 0. The third-order valence-corrected chi connectivity index (χ3v) is 2.39. The highest BCUT2D eigenvalue weighted by atomic mass is 16.5. The van der Waals surface area contributed by atoms with Gasteiger partial charge in [0.25, 0.3) is 0 Å². The van der Waals surface area contributed by atoms with Gasteiger partial charge in [0.05, 0.1) is 6.10 Å². The second kappa shape index (κ2) is 9.75. The molecule has 0 saturated heterocycles. The SMILES string of the molecule is C=CCCCCCCCC(C)OC(C)=O. The fourth-order valence-corrected chi connectivity index (χ4v) is 1.59. The van der Waals surface area contributed by atoms with Gasteiger partial charge in [0, 0.05) is 6.92 Å². The van der Waals surface area contributed by atoms with Gasteiger partial charge in [0.15, 0.2) is 0 Å². The molecule has 0 aliphatic carbocycles. The van der Waals surface area contributed by atoms with Crippen LogP contribution in [0.4, 0.5) is 0 Å². The first-order valence-corrected chi connectivity index (χ1v) is 5.95. The van der Waals surface area contributed by atoms with Crippen molar-refractivity contribution in [2.24, 2.45) is 0 Å². The Hall–Kier alpha value is -0.790. The predicted molar refractivity (Wildman–Crippen MR) is 63.7 cm³/mol. The average Bonchev–Trinajstić information content (AvgIpc) is 2.15. The molecule has 0 radical (unpaired) electrons. The van der Waals surface area contributed by atoms with Gasteiger partial charge in [-0.1, -0.05) is 25.3 Å². The Morgan fingerprint density at radius 1 is 1.27 bits per heavy atom. The van der Waals surface area contributed by atoms with Crippen LogP contribution < -0.4 is 0 Å². The molecule has 0 fully saturated rings. The molecule has 0 spiro atoms. The fraction of sp³-hybridized carbons (Fsp3) is 0.769. The molecule has 1 atom stereocenters. The van der Waals surface area contributed by atoms with Crippen LogP contribution in [0.1, 0.15) is 58.8 Å². The third kappa shape index (κ3) is 11.1. The summed E-state index contributed by atoms with van der Waals surface area (Å²) in [4.78, 5) is 10.6. The summed E-state index contributed by atoms with van der Waals surface area (Å²) in [5.74, 6) is -0.173. The minimum Gasteiger partial charge on any atom is -0.463 e. The van der Waals surface area contributed by atoms with Crippen LogP contribution in [0.25, 0.3) is 0 Å². The molecule has 0 aromatic heterocycles. The van der Waals surface area contributed by atoms with E-state index in [9.17, 15) is 4.79 Å². The lowest BCUT2D eigenvalue weighted by atomic mass is 10.1. The number of rotatable bonds is 9.